The predicted molar refractivity (Wildman–Crippen MR) is 65.8 cm³/mol. The minimum absolute atomic E-state index is 0.120. The van der Waals surface area contributed by atoms with E-state index in [0.717, 1.165) is 18.7 Å². The summed E-state index contributed by atoms with van der Waals surface area (Å²) in [6, 6.07) is 8.13. The zero-order valence-corrected chi connectivity index (χ0v) is 10.2. The van der Waals surface area contributed by atoms with Crippen molar-refractivity contribution in [3.63, 3.8) is 0 Å². The summed E-state index contributed by atoms with van der Waals surface area (Å²) in [5.74, 6) is 0.925. The maximum atomic E-state index is 9.33. The fourth-order valence-electron chi connectivity index (χ4n) is 1.51. The van der Waals surface area contributed by atoms with Crippen LogP contribution in [-0.2, 0) is 6.42 Å². The number of para-hydroxylation sites is 1. The minimum Gasteiger partial charge on any atom is -0.496 e. The molecule has 3 heteroatoms. The number of ether oxygens (including phenoxy) is 1. The van der Waals surface area contributed by atoms with E-state index in [4.69, 9.17) is 4.74 Å². The molecular formula is C13H21NO2. The van der Waals surface area contributed by atoms with Gasteiger partial charge in [0.1, 0.15) is 5.75 Å². The monoisotopic (exact) mass is 223 g/mol. The molecule has 2 atom stereocenters. The van der Waals surface area contributed by atoms with E-state index in [1.165, 1.54) is 5.56 Å². The van der Waals surface area contributed by atoms with Crippen molar-refractivity contribution in [3.8, 4) is 5.75 Å². The molecule has 0 bridgehead atoms. The van der Waals surface area contributed by atoms with Crippen LogP contribution in [0.5, 0.6) is 5.75 Å². The van der Waals surface area contributed by atoms with Gasteiger partial charge in [-0.25, -0.2) is 0 Å². The Morgan fingerprint density at radius 3 is 2.62 bits per heavy atom. The SMILES string of the molecule is COc1ccccc1CCNC(C)C(C)O. The average Bonchev–Trinajstić information content (AvgIpc) is 2.29. The summed E-state index contributed by atoms with van der Waals surface area (Å²) in [6.45, 7) is 4.61. The molecule has 90 valence electrons. The Kier molecular flexibility index (Phi) is 5.29. The Hall–Kier alpha value is -1.06. The molecule has 16 heavy (non-hydrogen) atoms. The van der Waals surface area contributed by atoms with E-state index in [9.17, 15) is 5.11 Å². The number of methoxy groups -OCH3 is 1. The smallest absolute Gasteiger partial charge is 0.122 e. The van der Waals surface area contributed by atoms with Crippen molar-refractivity contribution >= 4 is 0 Å². The molecule has 0 spiro atoms. The van der Waals surface area contributed by atoms with Crippen LogP contribution < -0.4 is 10.1 Å². The Balaban J connectivity index is 2.42. The third-order valence-electron chi connectivity index (χ3n) is 2.78. The topological polar surface area (TPSA) is 41.5 Å². The van der Waals surface area contributed by atoms with Crippen LogP contribution in [0.1, 0.15) is 19.4 Å². The third kappa shape index (κ3) is 3.83. The average molecular weight is 223 g/mol. The van der Waals surface area contributed by atoms with Crippen molar-refractivity contribution in [1.29, 1.82) is 0 Å². The molecule has 0 aliphatic heterocycles. The van der Waals surface area contributed by atoms with Gasteiger partial charge in [0.25, 0.3) is 0 Å². The van der Waals surface area contributed by atoms with Crippen LogP contribution in [-0.4, -0.2) is 30.9 Å². The first-order chi connectivity index (χ1) is 7.65. The van der Waals surface area contributed by atoms with Crippen molar-refractivity contribution in [3.05, 3.63) is 29.8 Å². The van der Waals surface area contributed by atoms with Gasteiger partial charge in [-0.3, -0.25) is 0 Å². The van der Waals surface area contributed by atoms with E-state index < -0.39 is 0 Å². The molecule has 0 amide bonds. The van der Waals surface area contributed by atoms with Crippen LogP contribution in [0.25, 0.3) is 0 Å². The molecule has 2 unspecified atom stereocenters. The van der Waals surface area contributed by atoms with Crippen LogP contribution in [0.15, 0.2) is 24.3 Å². The van der Waals surface area contributed by atoms with E-state index in [2.05, 4.69) is 11.4 Å². The molecule has 0 radical (unpaired) electrons. The summed E-state index contributed by atoms with van der Waals surface area (Å²) in [7, 11) is 1.69. The number of rotatable bonds is 6. The van der Waals surface area contributed by atoms with Gasteiger partial charge in [0, 0.05) is 6.04 Å². The molecule has 0 saturated heterocycles. The number of hydrogen-bond donors (Lipinski definition) is 2. The molecule has 0 heterocycles. The van der Waals surface area contributed by atoms with Gasteiger partial charge in [-0.2, -0.15) is 0 Å². The predicted octanol–water partition coefficient (Wildman–Crippen LogP) is 1.60. The minimum atomic E-state index is -0.322. The highest BCUT2D eigenvalue weighted by Crippen LogP contribution is 2.17. The molecule has 1 aromatic carbocycles. The van der Waals surface area contributed by atoms with Crippen LogP contribution in [0.2, 0.25) is 0 Å². The maximum absolute atomic E-state index is 9.33. The highest BCUT2D eigenvalue weighted by atomic mass is 16.5. The van der Waals surface area contributed by atoms with E-state index in [0.29, 0.717) is 0 Å². The third-order valence-corrected chi connectivity index (χ3v) is 2.78. The first kappa shape index (κ1) is 13.0. The summed E-state index contributed by atoms with van der Waals surface area (Å²) in [5, 5.41) is 12.6. The Morgan fingerprint density at radius 2 is 2.00 bits per heavy atom. The van der Waals surface area contributed by atoms with Crippen molar-refractivity contribution < 1.29 is 9.84 Å². The molecule has 0 aliphatic rings. The van der Waals surface area contributed by atoms with Crippen LogP contribution >= 0.6 is 0 Å². The zero-order valence-electron chi connectivity index (χ0n) is 10.2. The van der Waals surface area contributed by atoms with Gasteiger partial charge in [-0.05, 0) is 38.4 Å². The molecular weight excluding hydrogens is 202 g/mol. The van der Waals surface area contributed by atoms with Gasteiger partial charge in [-0.1, -0.05) is 18.2 Å². The number of hydrogen-bond acceptors (Lipinski definition) is 3. The maximum Gasteiger partial charge on any atom is 0.122 e. The standard InChI is InChI=1S/C13H21NO2/c1-10(11(2)15)14-9-8-12-6-4-5-7-13(12)16-3/h4-7,10-11,14-15H,8-9H2,1-3H3. The lowest BCUT2D eigenvalue weighted by molar-refractivity contribution is 0.153. The molecule has 0 saturated carbocycles. The van der Waals surface area contributed by atoms with Crippen molar-refractivity contribution in [2.45, 2.75) is 32.4 Å². The van der Waals surface area contributed by atoms with E-state index in [1.54, 1.807) is 14.0 Å². The molecule has 0 aromatic heterocycles. The van der Waals surface area contributed by atoms with Gasteiger partial charge in [-0.15, -0.1) is 0 Å². The second-order valence-electron chi connectivity index (χ2n) is 4.05. The Labute approximate surface area is 97.4 Å². The summed E-state index contributed by atoms with van der Waals surface area (Å²) in [4.78, 5) is 0. The quantitative estimate of drug-likeness (QED) is 0.769. The summed E-state index contributed by atoms with van der Waals surface area (Å²) >= 11 is 0. The fourth-order valence-corrected chi connectivity index (χ4v) is 1.51. The van der Waals surface area contributed by atoms with E-state index in [-0.39, 0.29) is 12.1 Å². The summed E-state index contributed by atoms with van der Waals surface area (Å²) < 4.78 is 5.27. The second kappa shape index (κ2) is 6.51. The van der Waals surface area contributed by atoms with E-state index >= 15 is 0 Å². The highest BCUT2D eigenvalue weighted by molar-refractivity contribution is 5.33. The number of aliphatic hydroxyl groups excluding tert-OH is 1. The molecule has 0 aliphatic carbocycles. The molecule has 2 N–H and O–H groups in total. The van der Waals surface area contributed by atoms with Crippen LogP contribution in [0.4, 0.5) is 0 Å². The Bertz CT molecular complexity index is 313. The van der Waals surface area contributed by atoms with Gasteiger partial charge in [0.15, 0.2) is 0 Å². The number of benzene rings is 1. The lowest BCUT2D eigenvalue weighted by Crippen LogP contribution is -2.36. The molecule has 3 nitrogen and oxygen atoms in total. The molecule has 1 aromatic rings. The normalized spacial score (nSPS) is 14.5. The van der Waals surface area contributed by atoms with Crippen molar-refractivity contribution in [2.24, 2.45) is 0 Å². The number of nitrogens with one attached hydrogen (secondary N) is 1. The summed E-state index contributed by atoms with van der Waals surface area (Å²) in [6.07, 6.45) is 0.582. The lowest BCUT2D eigenvalue weighted by Gasteiger charge is -2.16. The van der Waals surface area contributed by atoms with Gasteiger partial charge in [0.2, 0.25) is 0 Å². The first-order valence-electron chi connectivity index (χ1n) is 5.68. The lowest BCUT2D eigenvalue weighted by atomic mass is 10.1. The molecule has 1 rings (SSSR count). The number of aliphatic hydroxyl groups is 1. The largest absolute Gasteiger partial charge is 0.496 e. The van der Waals surface area contributed by atoms with Gasteiger partial charge < -0.3 is 15.2 Å². The van der Waals surface area contributed by atoms with Crippen LogP contribution in [0, 0.1) is 0 Å². The van der Waals surface area contributed by atoms with Crippen molar-refractivity contribution in [1.82, 2.24) is 5.32 Å². The van der Waals surface area contributed by atoms with Gasteiger partial charge >= 0.3 is 0 Å². The van der Waals surface area contributed by atoms with Gasteiger partial charge in [0.05, 0.1) is 13.2 Å². The molecule has 0 fully saturated rings. The summed E-state index contributed by atoms with van der Waals surface area (Å²) in [5.41, 5.74) is 1.19. The van der Waals surface area contributed by atoms with E-state index in [1.807, 2.05) is 25.1 Å². The first-order valence-corrected chi connectivity index (χ1v) is 5.68. The highest BCUT2D eigenvalue weighted by Gasteiger charge is 2.07. The zero-order chi connectivity index (χ0) is 12.0. The Morgan fingerprint density at radius 1 is 1.31 bits per heavy atom. The van der Waals surface area contributed by atoms with Crippen LogP contribution in [0.3, 0.4) is 0 Å². The second-order valence-corrected chi connectivity index (χ2v) is 4.05. The van der Waals surface area contributed by atoms with Crippen molar-refractivity contribution in [2.75, 3.05) is 13.7 Å². The fraction of sp³-hybridized carbons (Fsp3) is 0.538.